The van der Waals surface area contributed by atoms with Crippen LogP contribution in [0.1, 0.15) is 12.5 Å². The van der Waals surface area contributed by atoms with Crippen molar-refractivity contribution in [2.45, 2.75) is 13.5 Å². The summed E-state index contributed by atoms with van der Waals surface area (Å²) in [4.78, 5) is 18.2. The summed E-state index contributed by atoms with van der Waals surface area (Å²) >= 11 is 0. The molecule has 0 saturated carbocycles. The first-order chi connectivity index (χ1) is 14.8. The van der Waals surface area contributed by atoms with Crippen LogP contribution in [0, 0.1) is 0 Å². The number of hydrogen-bond acceptors (Lipinski definition) is 5. The number of nitrogens with one attached hydrogen (secondary N) is 1. The molecule has 0 spiro atoms. The molecule has 2 heterocycles. The van der Waals surface area contributed by atoms with Gasteiger partial charge in [-0.1, -0.05) is 18.2 Å². The molecule has 7 nitrogen and oxygen atoms in total. The molecule has 1 fully saturated rings. The van der Waals surface area contributed by atoms with Gasteiger partial charge in [0.25, 0.3) is 0 Å². The molecule has 2 aromatic carbocycles. The van der Waals surface area contributed by atoms with Gasteiger partial charge in [-0.05, 0) is 47.5 Å². The fraction of sp³-hybridized carbons (Fsp3) is 0.348. The van der Waals surface area contributed by atoms with Gasteiger partial charge in [0, 0.05) is 45.1 Å². The molecule has 1 aliphatic rings. The molecular weight excluding hydrogens is 376 g/mol. The quantitative estimate of drug-likeness (QED) is 0.521. The third-order valence-electron chi connectivity index (χ3n) is 5.27. The summed E-state index contributed by atoms with van der Waals surface area (Å²) in [7, 11) is 1.69. The molecule has 0 radical (unpaired) electrons. The van der Waals surface area contributed by atoms with E-state index in [2.05, 4.69) is 62.3 Å². The van der Waals surface area contributed by atoms with Gasteiger partial charge >= 0.3 is 0 Å². The number of anilines is 1. The van der Waals surface area contributed by atoms with E-state index in [1.54, 1.807) is 19.5 Å². The number of nitrogens with zero attached hydrogens (tertiary/aromatic N) is 5. The minimum Gasteiger partial charge on any atom is -0.497 e. The van der Waals surface area contributed by atoms with Gasteiger partial charge in [0.1, 0.15) is 5.75 Å². The van der Waals surface area contributed by atoms with Crippen molar-refractivity contribution in [2.24, 2.45) is 4.99 Å². The first-order valence-electron chi connectivity index (χ1n) is 10.4. The van der Waals surface area contributed by atoms with Gasteiger partial charge in [-0.3, -0.25) is 0 Å². The number of benzene rings is 2. The molecule has 1 N–H and O–H groups in total. The lowest BCUT2D eigenvalue weighted by molar-refractivity contribution is 0.370. The number of ether oxygens (including phenoxy) is 1. The molecule has 0 bridgehead atoms. The van der Waals surface area contributed by atoms with Crippen LogP contribution in [-0.4, -0.2) is 60.7 Å². The van der Waals surface area contributed by atoms with Crippen LogP contribution in [0.15, 0.2) is 59.9 Å². The van der Waals surface area contributed by atoms with Gasteiger partial charge < -0.3 is 19.9 Å². The van der Waals surface area contributed by atoms with Crippen molar-refractivity contribution in [1.29, 1.82) is 0 Å². The average molecular weight is 405 g/mol. The Hall–Kier alpha value is -3.35. The maximum Gasteiger partial charge on any atom is 0.225 e. The molecule has 3 aromatic rings. The molecule has 1 aliphatic heterocycles. The second kappa shape index (κ2) is 9.43. The smallest absolute Gasteiger partial charge is 0.225 e. The fourth-order valence-electron chi connectivity index (χ4n) is 3.66. The van der Waals surface area contributed by atoms with E-state index in [4.69, 9.17) is 9.73 Å². The third kappa shape index (κ3) is 4.62. The normalized spacial score (nSPS) is 14.8. The van der Waals surface area contributed by atoms with Crippen molar-refractivity contribution in [3.8, 4) is 5.75 Å². The van der Waals surface area contributed by atoms with Gasteiger partial charge in [-0.2, -0.15) is 0 Å². The summed E-state index contributed by atoms with van der Waals surface area (Å²) in [5, 5.41) is 5.81. The van der Waals surface area contributed by atoms with Crippen molar-refractivity contribution >= 4 is 22.7 Å². The number of piperazine rings is 1. The minimum atomic E-state index is 0.645. The number of aliphatic imine (C=N–C) groups is 1. The molecule has 30 heavy (non-hydrogen) atoms. The van der Waals surface area contributed by atoms with Gasteiger partial charge in [-0.15, -0.1) is 0 Å². The summed E-state index contributed by atoms with van der Waals surface area (Å²) in [6.45, 7) is 7.14. The van der Waals surface area contributed by atoms with Gasteiger partial charge in [0.05, 0.1) is 13.7 Å². The van der Waals surface area contributed by atoms with E-state index in [1.807, 2.05) is 12.1 Å². The summed E-state index contributed by atoms with van der Waals surface area (Å²) in [6, 6.07) is 14.5. The Balaban J connectivity index is 1.43. The largest absolute Gasteiger partial charge is 0.497 e. The average Bonchev–Trinajstić information content (AvgIpc) is 2.82. The number of guanidine groups is 1. The van der Waals surface area contributed by atoms with E-state index in [1.165, 1.54) is 16.3 Å². The van der Waals surface area contributed by atoms with Gasteiger partial charge in [-0.25, -0.2) is 15.0 Å². The molecule has 1 aromatic heterocycles. The van der Waals surface area contributed by atoms with Crippen molar-refractivity contribution in [1.82, 2.24) is 20.2 Å². The van der Waals surface area contributed by atoms with Crippen LogP contribution in [0.3, 0.4) is 0 Å². The topological polar surface area (TPSA) is 65.9 Å². The molecule has 7 heteroatoms. The third-order valence-corrected chi connectivity index (χ3v) is 5.27. The number of fused-ring (bicyclic) bond motifs is 1. The van der Waals surface area contributed by atoms with Crippen LogP contribution in [0.25, 0.3) is 10.8 Å². The molecule has 0 atom stereocenters. The van der Waals surface area contributed by atoms with E-state index in [-0.39, 0.29) is 0 Å². The highest BCUT2D eigenvalue weighted by atomic mass is 16.5. The zero-order valence-electron chi connectivity index (χ0n) is 17.6. The Morgan fingerprint density at radius 3 is 2.50 bits per heavy atom. The monoisotopic (exact) mass is 404 g/mol. The molecule has 4 rings (SSSR count). The van der Waals surface area contributed by atoms with Crippen molar-refractivity contribution in [3.05, 3.63) is 60.4 Å². The predicted octanol–water partition coefficient (Wildman–Crippen LogP) is 2.93. The van der Waals surface area contributed by atoms with Crippen molar-refractivity contribution in [3.63, 3.8) is 0 Å². The van der Waals surface area contributed by atoms with Crippen molar-refractivity contribution < 1.29 is 4.74 Å². The lowest BCUT2D eigenvalue weighted by atomic mass is 10.1. The molecular formula is C23H28N6O. The predicted molar refractivity (Wildman–Crippen MR) is 121 cm³/mol. The van der Waals surface area contributed by atoms with Crippen LogP contribution in [-0.2, 0) is 6.54 Å². The van der Waals surface area contributed by atoms with E-state index >= 15 is 0 Å². The van der Waals surface area contributed by atoms with Crippen LogP contribution >= 0.6 is 0 Å². The van der Waals surface area contributed by atoms with Crippen LogP contribution in [0.2, 0.25) is 0 Å². The van der Waals surface area contributed by atoms with Crippen LogP contribution in [0.5, 0.6) is 5.75 Å². The first-order valence-corrected chi connectivity index (χ1v) is 10.4. The van der Waals surface area contributed by atoms with E-state index < -0.39 is 0 Å². The standard InChI is InChI=1S/C23H28N6O/c1-3-24-22(28-11-13-29(14-12-28)23-25-9-4-10-26-23)27-17-18-5-6-20-16-21(30-2)8-7-19(20)15-18/h4-10,15-16H,3,11-14,17H2,1-2H3,(H,24,27). The molecule has 156 valence electrons. The van der Waals surface area contributed by atoms with E-state index in [0.717, 1.165) is 50.4 Å². The Labute approximate surface area is 177 Å². The lowest BCUT2D eigenvalue weighted by Crippen LogP contribution is -2.52. The minimum absolute atomic E-state index is 0.645. The van der Waals surface area contributed by atoms with Crippen LogP contribution in [0.4, 0.5) is 5.95 Å². The van der Waals surface area contributed by atoms with Gasteiger partial charge in [0.15, 0.2) is 5.96 Å². The highest BCUT2D eigenvalue weighted by Gasteiger charge is 2.21. The Morgan fingerprint density at radius 2 is 1.77 bits per heavy atom. The maximum atomic E-state index is 5.31. The summed E-state index contributed by atoms with van der Waals surface area (Å²) in [6.07, 6.45) is 3.58. The lowest BCUT2D eigenvalue weighted by Gasteiger charge is -2.36. The molecule has 0 unspecified atom stereocenters. The Morgan fingerprint density at radius 1 is 1.03 bits per heavy atom. The molecule has 0 aliphatic carbocycles. The summed E-state index contributed by atoms with van der Waals surface area (Å²) < 4.78 is 5.31. The van der Waals surface area contributed by atoms with Crippen LogP contribution < -0.4 is 15.0 Å². The number of aromatic nitrogens is 2. The van der Waals surface area contributed by atoms with E-state index in [9.17, 15) is 0 Å². The second-order valence-corrected chi connectivity index (χ2v) is 7.24. The Bertz CT molecular complexity index is 999. The first kappa shape index (κ1) is 19.9. The molecule has 0 amide bonds. The number of hydrogen-bond donors (Lipinski definition) is 1. The SMILES string of the molecule is CCNC(=NCc1ccc2cc(OC)ccc2c1)N1CCN(c2ncccn2)CC1. The highest BCUT2D eigenvalue weighted by molar-refractivity contribution is 5.85. The van der Waals surface area contributed by atoms with Gasteiger partial charge in [0.2, 0.25) is 5.95 Å². The molecule has 1 saturated heterocycles. The number of rotatable bonds is 5. The van der Waals surface area contributed by atoms with Crippen molar-refractivity contribution in [2.75, 3.05) is 44.7 Å². The number of methoxy groups -OCH3 is 1. The summed E-state index contributed by atoms with van der Waals surface area (Å²) in [5.74, 6) is 2.63. The fourth-order valence-corrected chi connectivity index (χ4v) is 3.66. The zero-order valence-corrected chi connectivity index (χ0v) is 17.6. The van der Waals surface area contributed by atoms with E-state index in [0.29, 0.717) is 6.54 Å². The summed E-state index contributed by atoms with van der Waals surface area (Å²) in [5.41, 5.74) is 1.19. The second-order valence-electron chi connectivity index (χ2n) is 7.24. The Kier molecular flexibility index (Phi) is 6.27. The maximum absolute atomic E-state index is 5.31. The highest BCUT2D eigenvalue weighted by Crippen LogP contribution is 2.22. The zero-order chi connectivity index (χ0) is 20.8.